The monoisotopic (exact) mass is 328 g/mol. The van der Waals surface area contributed by atoms with Gasteiger partial charge in [-0.25, -0.2) is 0 Å². The Labute approximate surface area is 120 Å². The molecule has 104 valence electrons. The summed E-state index contributed by atoms with van der Waals surface area (Å²) in [5.41, 5.74) is 0.762. The third kappa shape index (κ3) is 2.83. The standard InChI is InChI=1S/C13H17BrN2O3/c1-9-5-3-4-6-15(9)13-11(14)7-10(19-2)8-12(13)16(17)18/h7-9H,3-6H2,1-2H3. The first-order valence-corrected chi connectivity index (χ1v) is 7.12. The van der Waals surface area contributed by atoms with Crippen LogP contribution in [0.3, 0.4) is 0 Å². The van der Waals surface area contributed by atoms with Gasteiger partial charge in [-0.15, -0.1) is 0 Å². The number of nitro groups is 1. The molecule has 0 aliphatic carbocycles. The Morgan fingerprint density at radius 2 is 2.21 bits per heavy atom. The molecule has 1 unspecified atom stereocenters. The van der Waals surface area contributed by atoms with Crippen LogP contribution in [-0.4, -0.2) is 24.6 Å². The van der Waals surface area contributed by atoms with Crippen LogP contribution >= 0.6 is 15.9 Å². The Kier molecular flexibility index (Phi) is 4.29. The molecule has 1 aromatic carbocycles. The number of benzene rings is 1. The van der Waals surface area contributed by atoms with Crippen molar-refractivity contribution in [3.8, 4) is 5.75 Å². The fourth-order valence-electron chi connectivity index (χ4n) is 2.53. The van der Waals surface area contributed by atoms with Gasteiger partial charge in [-0.3, -0.25) is 10.1 Å². The quantitative estimate of drug-likeness (QED) is 0.626. The van der Waals surface area contributed by atoms with Crippen molar-refractivity contribution in [1.82, 2.24) is 0 Å². The summed E-state index contributed by atoms with van der Waals surface area (Å²) in [4.78, 5) is 13.1. The Morgan fingerprint density at radius 3 is 2.79 bits per heavy atom. The van der Waals surface area contributed by atoms with Gasteiger partial charge in [0.2, 0.25) is 0 Å². The molecular weight excluding hydrogens is 312 g/mol. The number of halogens is 1. The van der Waals surface area contributed by atoms with Gasteiger partial charge >= 0.3 is 0 Å². The Bertz CT molecular complexity index is 493. The minimum absolute atomic E-state index is 0.0972. The smallest absolute Gasteiger partial charge is 0.297 e. The number of nitro benzene ring substituents is 1. The topological polar surface area (TPSA) is 55.6 Å². The normalized spacial score (nSPS) is 19.3. The summed E-state index contributed by atoms with van der Waals surface area (Å²) in [6.07, 6.45) is 3.31. The molecule has 0 saturated carbocycles. The molecular formula is C13H17BrN2O3. The molecule has 0 spiro atoms. The molecule has 1 aromatic rings. The van der Waals surface area contributed by atoms with Crippen molar-refractivity contribution in [3.63, 3.8) is 0 Å². The van der Waals surface area contributed by atoms with Crippen molar-refractivity contribution >= 4 is 27.3 Å². The fraction of sp³-hybridized carbons (Fsp3) is 0.538. The summed E-state index contributed by atoms with van der Waals surface area (Å²) < 4.78 is 5.82. The minimum Gasteiger partial charge on any atom is -0.496 e. The lowest BCUT2D eigenvalue weighted by Crippen LogP contribution is -2.38. The van der Waals surface area contributed by atoms with E-state index >= 15 is 0 Å². The molecule has 0 N–H and O–H groups in total. The van der Waals surface area contributed by atoms with E-state index in [2.05, 4.69) is 27.8 Å². The zero-order valence-electron chi connectivity index (χ0n) is 11.1. The molecule has 1 heterocycles. The second-order valence-corrected chi connectivity index (χ2v) is 5.63. The number of hydrogen-bond donors (Lipinski definition) is 0. The molecule has 1 saturated heterocycles. The van der Waals surface area contributed by atoms with E-state index in [4.69, 9.17) is 4.74 Å². The van der Waals surface area contributed by atoms with Crippen LogP contribution in [0.15, 0.2) is 16.6 Å². The molecule has 5 nitrogen and oxygen atoms in total. The molecule has 1 fully saturated rings. The van der Waals surface area contributed by atoms with Crippen LogP contribution in [0.2, 0.25) is 0 Å². The second-order valence-electron chi connectivity index (χ2n) is 4.77. The van der Waals surface area contributed by atoms with E-state index in [0.29, 0.717) is 22.0 Å². The van der Waals surface area contributed by atoms with Crippen molar-refractivity contribution in [1.29, 1.82) is 0 Å². The maximum absolute atomic E-state index is 11.3. The van der Waals surface area contributed by atoms with Crippen LogP contribution in [0.1, 0.15) is 26.2 Å². The molecule has 0 bridgehead atoms. The predicted octanol–water partition coefficient (Wildman–Crippen LogP) is 3.74. The van der Waals surface area contributed by atoms with Gasteiger partial charge in [0.05, 0.1) is 22.6 Å². The molecule has 1 aliphatic heterocycles. The van der Waals surface area contributed by atoms with E-state index in [1.165, 1.54) is 19.6 Å². The largest absolute Gasteiger partial charge is 0.496 e. The molecule has 0 aromatic heterocycles. The number of methoxy groups -OCH3 is 1. The second kappa shape index (κ2) is 5.77. The lowest BCUT2D eigenvalue weighted by molar-refractivity contribution is -0.384. The van der Waals surface area contributed by atoms with Crippen LogP contribution in [0, 0.1) is 10.1 Å². The lowest BCUT2D eigenvalue weighted by Gasteiger charge is -2.35. The third-order valence-electron chi connectivity index (χ3n) is 3.54. The first-order valence-electron chi connectivity index (χ1n) is 6.33. The van der Waals surface area contributed by atoms with Crippen LogP contribution in [0.25, 0.3) is 0 Å². The van der Waals surface area contributed by atoms with E-state index in [0.717, 1.165) is 19.4 Å². The van der Waals surface area contributed by atoms with Gasteiger partial charge in [-0.05, 0) is 48.2 Å². The van der Waals surface area contributed by atoms with Gasteiger partial charge in [0, 0.05) is 12.6 Å². The number of hydrogen-bond acceptors (Lipinski definition) is 4. The Morgan fingerprint density at radius 1 is 1.47 bits per heavy atom. The van der Waals surface area contributed by atoms with Crippen LogP contribution in [0.4, 0.5) is 11.4 Å². The molecule has 2 rings (SSSR count). The summed E-state index contributed by atoms with van der Waals surface area (Å²) in [7, 11) is 1.51. The van der Waals surface area contributed by atoms with Crippen molar-refractivity contribution in [2.24, 2.45) is 0 Å². The SMILES string of the molecule is COc1cc(Br)c(N2CCCCC2C)c([N+](=O)[O-])c1. The number of rotatable bonds is 3. The maximum Gasteiger partial charge on any atom is 0.297 e. The van der Waals surface area contributed by atoms with E-state index in [-0.39, 0.29) is 10.6 Å². The van der Waals surface area contributed by atoms with Gasteiger partial charge < -0.3 is 9.64 Å². The average molecular weight is 329 g/mol. The van der Waals surface area contributed by atoms with Crippen LogP contribution < -0.4 is 9.64 Å². The van der Waals surface area contributed by atoms with Gasteiger partial charge in [-0.2, -0.15) is 0 Å². The molecule has 19 heavy (non-hydrogen) atoms. The van der Waals surface area contributed by atoms with Gasteiger partial charge in [0.15, 0.2) is 0 Å². The molecule has 1 aliphatic rings. The lowest BCUT2D eigenvalue weighted by atomic mass is 10.0. The third-order valence-corrected chi connectivity index (χ3v) is 4.14. The van der Waals surface area contributed by atoms with E-state index in [9.17, 15) is 10.1 Å². The molecule has 0 radical (unpaired) electrons. The Balaban J connectivity index is 2.51. The zero-order chi connectivity index (χ0) is 14.0. The van der Waals surface area contributed by atoms with Crippen molar-refractivity contribution in [2.75, 3.05) is 18.6 Å². The highest BCUT2D eigenvalue weighted by molar-refractivity contribution is 9.10. The van der Waals surface area contributed by atoms with Crippen molar-refractivity contribution in [2.45, 2.75) is 32.2 Å². The summed E-state index contributed by atoms with van der Waals surface area (Å²) >= 11 is 3.44. The maximum atomic E-state index is 11.3. The van der Waals surface area contributed by atoms with E-state index < -0.39 is 0 Å². The first-order chi connectivity index (χ1) is 9.04. The predicted molar refractivity (Wildman–Crippen MR) is 78.0 cm³/mol. The average Bonchev–Trinajstić information content (AvgIpc) is 2.38. The number of piperidine rings is 1. The summed E-state index contributed by atoms with van der Waals surface area (Å²) in [6, 6.07) is 3.59. The molecule has 1 atom stereocenters. The van der Waals surface area contributed by atoms with E-state index in [1.807, 2.05) is 0 Å². The Hall–Kier alpha value is -1.30. The fourth-order valence-corrected chi connectivity index (χ4v) is 3.19. The van der Waals surface area contributed by atoms with Gasteiger partial charge in [0.25, 0.3) is 5.69 Å². The van der Waals surface area contributed by atoms with Gasteiger partial charge in [-0.1, -0.05) is 0 Å². The number of ether oxygens (including phenoxy) is 1. The highest BCUT2D eigenvalue weighted by atomic mass is 79.9. The molecule has 0 amide bonds. The summed E-state index contributed by atoms with van der Waals surface area (Å²) in [5, 5.41) is 11.3. The van der Waals surface area contributed by atoms with Crippen molar-refractivity contribution in [3.05, 3.63) is 26.7 Å². The van der Waals surface area contributed by atoms with E-state index in [1.54, 1.807) is 6.07 Å². The summed E-state index contributed by atoms with van der Waals surface area (Å²) in [6.45, 7) is 2.96. The highest BCUT2D eigenvalue weighted by Crippen LogP contribution is 2.41. The molecule has 6 heteroatoms. The minimum atomic E-state index is -0.343. The number of nitrogens with zero attached hydrogens (tertiary/aromatic N) is 2. The first kappa shape index (κ1) is 14.1. The highest BCUT2D eigenvalue weighted by Gasteiger charge is 2.28. The van der Waals surface area contributed by atoms with Crippen LogP contribution in [-0.2, 0) is 0 Å². The van der Waals surface area contributed by atoms with Crippen molar-refractivity contribution < 1.29 is 9.66 Å². The van der Waals surface area contributed by atoms with Gasteiger partial charge in [0.1, 0.15) is 11.4 Å². The number of anilines is 1. The van der Waals surface area contributed by atoms with Crippen LogP contribution in [0.5, 0.6) is 5.75 Å². The zero-order valence-corrected chi connectivity index (χ0v) is 12.6. The summed E-state index contributed by atoms with van der Waals surface area (Å²) in [5.74, 6) is 0.493.